The maximum atomic E-state index is 13.1. The first kappa shape index (κ1) is 37.2. The molecule has 57 heavy (non-hydrogen) atoms. The number of rotatable bonds is 7. The van der Waals surface area contributed by atoms with Gasteiger partial charge in [0.25, 0.3) is 16.7 Å². The lowest BCUT2D eigenvalue weighted by molar-refractivity contribution is 0.620. The van der Waals surface area contributed by atoms with Crippen LogP contribution in [0.3, 0.4) is 0 Å². The van der Waals surface area contributed by atoms with Gasteiger partial charge in [-0.2, -0.15) is 0 Å². The second-order valence-corrected chi connectivity index (χ2v) is 14.1. The van der Waals surface area contributed by atoms with Gasteiger partial charge in [-0.05, 0) is 106 Å². The number of nitrogens with zero attached hydrogens (tertiary/aromatic N) is 9. The molecule has 0 unspecified atom stereocenters. The van der Waals surface area contributed by atoms with Crippen molar-refractivity contribution in [3.63, 3.8) is 0 Å². The van der Waals surface area contributed by atoms with Gasteiger partial charge in [-0.1, -0.05) is 37.3 Å². The predicted molar refractivity (Wildman–Crippen MR) is 218 cm³/mol. The van der Waals surface area contributed by atoms with E-state index in [4.69, 9.17) is 0 Å². The summed E-state index contributed by atoms with van der Waals surface area (Å²) in [5.41, 5.74) is 6.93. The summed E-state index contributed by atoms with van der Waals surface area (Å²) in [5, 5.41) is 0. The molecule has 6 heterocycles. The smallest absolute Gasteiger partial charge is 0.278 e. The minimum Gasteiger partial charge on any atom is -0.290 e. The standard InChI is InChI=1S/C17H14FN3O.C15H13N3O.C12H13N3O/c18-13-7-5-12(6-8-13)15-17(22)21(10-11-3-4-11)16-14(20-15)2-1-9-19-16;1-2-18-14-12(9-6-10-16-14)17-13(15(18)19)11-7-4-3-5-8-11;1-2-9-12(16)15(8-5-6-8)11-10(14-9)4-3-7-13-11/h1-2,5-9,11H,3-4,10H2;3-10H,2H2,1H3;3-4,7-8H,2,5-6H2,1H3. The first-order valence-electron chi connectivity index (χ1n) is 19.2. The van der Waals surface area contributed by atoms with Crippen LogP contribution in [0.4, 0.5) is 4.39 Å². The maximum absolute atomic E-state index is 13.1. The Hall–Kier alpha value is -6.76. The molecular weight excluding hydrogens is 722 g/mol. The molecule has 2 fully saturated rings. The lowest BCUT2D eigenvalue weighted by Gasteiger charge is -2.11. The van der Waals surface area contributed by atoms with Crippen molar-refractivity contribution in [2.45, 2.75) is 65.1 Å². The summed E-state index contributed by atoms with van der Waals surface area (Å²) >= 11 is 0. The summed E-state index contributed by atoms with van der Waals surface area (Å²) < 4.78 is 18.3. The molecule has 0 bridgehead atoms. The normalized spacial score (nSPS) is 13.5. The van der Waals surface area contributed by atoms with Crippen LogP contribution in [0.25, 0.3) is 56.0 Å². The Morgan fingerprint density at radius 3 is 1.65 bits per heavy atom. The van der Waals surface area contributed by atoms with E-state index in [2.05, 4.69) is 29.9 Å². The number of aryl methyl sites for hydroxylation is 2. The zero-order chi connectivity index (χ0) is 39.5. The third kappa shape index (κ3) is 7.86. The van der Waals surface area contributed by atoms with E-state index >= 15 is 0 Å². The number of halogens is 1. The summed E-state index contributed by atoms with van der Waals surface area (Å²) in [6.07, 6.45) is 10.2. The zero-order valence-electron chi connectivity index (χ0n) is 31.6. The van der Waals surface area contributed by atoms with Crippen LogP contribution in [0.15, 0.2) is 124 Å². The lowest BCUT2D eigenvalue weighted by atomic mass is 10.1. The van der Waals surface area contributed by atoms with Gasteiger partial charge in [0.05, 0.1) is 0 Å². The highest BCUT2D eigenvalue weighted by atomic mass is 19.1. The second kappa shape index (κ2) is 16.1. The Morgan fingerprint density at radius 1 is 0.579 bits per heavy atom. The number of benzene rings is 2. The molecule has 0 saturated heterocycles. The van der Waals surface area contributed by atoms with Crippen LogP contribution >= 0.6 is 0 Å². The van der Waals surface area contributed by atoms with E-state index in [1.807, 2.05) is 79.1 Å². The molecule has 2 aromatic carbocycles. The Labute approximate surface area is 326 Å². The van der Waals surface area contributed by atoms with Crippen LogP contribution in [0.5, 0.6) is 0 Å². The molecule has 286 valence electrons. The van der Waals surface area contributed by atoms with Gasteiger partial charge in [-0.15, -0.1) is 0 Å². The molecule has 0 aliphatic heterocycles. The van der Waals surface area contributed by atoms with E-state index in [0.717, 1.165) is 47.9 Å². The minimum atomic E-state index is -0.329. The molecule has 0 N–H and O–H groups in total. The molecule has 8 aromatic rings. The van der Waals surface area contributed by atoms with Crippen molar-refractivity contribution in [2.24, 2.45) is 5.92 Å². The monoisotopic (exact) mass is 761 g/mol. The van der Waals surface area contributed by atoms with E-state index in [-0.39, 0.29) is 22.5 Å². The van der Waals surface area contributed by atoms with Crippen molar-refractivity contribution >= 4 is 33.5 Å². The third-order valence-electron chi connectivity index (χ3n) is 9.98. The molecule has 10 rings (SSSR count). The summed E-state index contributed by atoms with van der Waals surface area (Å²) in [5.74, 6) is 0.218. The highest BCUT2D eigenvalue weighted by Crippen LogP contribution is 2.35. The van der Waals surface area contributed by atoms with E-state index in [0.29, 0.717) is 70.9 Å². The van der Waals surface area contributed by atoms with E-state index in [1.165, 1.54) is 12.1 Å². The second-order valence-electron chi connectivity index (χ2n) is 14.1. The van der Waals surface area contributed by atoms with Gasteiger partial charge in [0.15, 0.2) is 16.9 Å². The van der Waals surface area contributed by atoms with Crippen LogP contribution in [0.2, 0.25) is 0 Å². The number of hydrogen-bond acceptors (Lipinski definition) is 9. The van der Waals surface area contributed by atoms with E-state index in [1.54, 1.807) is 45.9 Å². The van der Waals surface area contributed by atoms with Gasteiger partial charge in [-0.25, -0.2) is 34.3 Å². The van der Waals surface area contributed by atoms with Crippen LogP contribution in [-0.4, -0.2) is 43.6 Å². The van der Waals surface area contributed by atoms with Gasteiger partial charge in [0.2, 0.25) is 0 Å². The van der Waals surface area contributed by atoms with Gasteiger partial charge in [0.1, 0.15) is 39.4 Å². The van der Waals surface area contributed by atoms with Gasteiger partial charge < -0.3 is 0 Å². The number of hydrogen-bond donors (Lipinski definition) is 0. The Morgan fingerprint density at radius 2 is 1.11 bits per heavy atom. The van der Waals surface area contributed by atoms with Crippen molar-refractivity contribution in [3.05, 3.63) is 152 Å². The SMILES string of the molecule is CCc1nc2cccnc2n(C2CC2)c1=O.CCn1c(=O)c(-c2ccccc2)nc2cccnc21.O=c1c(-c2ccc(F)cc2)nc2cccnc2n1CC1CC1. The molecule has 0 spiro atoms. The fraction of sp³-hybridized carbons (Fsp3) is 0.250. The summed E-state index contributed by atoms with van der Waals surface area (Å²) in [6, 6.07) is 26.8. The Balaban J connectivity index is 0.000000121. The molecule has 2 saturated carbocycles. The first-order valence-corrected chi connectivity index (χ1v) is 19.2. The molecule has 0 atom stereocenters. The Bertz CT molecular complexity index is 2900. The molecule has 0 amide bonds. The van der Waals surface area contributed by atoms with Gasteiger partial charge in [0, 0.05) is 48.8 Å². The Kier molecular flexibility index (Phi) is 10.5. The lowest BCUT2D eigenvalue weighted by Crippen LogP contribution is -2.25. The molecule has 13 heteroatoms. The van der Waals surface area contributed by atoms with E-state index in [9.17, 15) is 18.8 Å². The average Bonchev–Trinajstić information content (AvgIpc) is 4.20. The summed E-state index contributed by atoms with van der Waals surface area (Å²) in [7, 11) is 0. The van der Waals surface area contributed by atoms with Crippen molar-refractivity contribution in [1.29, 1.82) is 0 Å². The topological polar surface area (TPSA) is 143 Å². The van der Waals surface area contributed by atoms with E-state index < -0.39 is 0 Å². The quantitative estimate of drug-likeness (QED) is 0.165. The molecule has 0 radical (unpaired) electrons. The highest BCUT2D eigenvalue weighted by Gasteiger charge is 2.28. The van der Waals surface area contributed by atoms with Crippen molar-refractivity contribution in [2.75, 3.05) is 0 Å². The zero-order valence-corrected chi connectivity index (χ0v) is 31.6. The van der Waals surface area contributed by atoms with Gasteiger partial charge in [-0.3, -0.25) is 28.1 Å². The first-order chi connectivity index (χ1) is 27.8. The maximum Gasteiger partial charge on any atom is 0.278 e. The molecule has 2 aliphatic rings. The highest BCUT2D eigenvalue weighted by molar-refractivity contribution is 5.75. The molecule has 6 aromatic heterocycles. The fourth-order valence-electron chi connectivity index (χ4n) is 6.74. The molecule has 2 aliphatic carbocycles. The molecule has 12 nitrogen and oxygen atoms in total. The fourth-order valence-corrected chi connectivity index (χ4v) is 6.74. The average molecular weight is 762 g/mol. The minimum absolute atomic E-state index is 0.0381. The molecular formula is C44H40FN9O3. The van der Waals surface area contributed by atoms with Crippen LogP contribution < -0.4 is 16.7 Å². The van der Waals surface area contributed by atoms with Crippen LogP contribution in [0, 0.1) is 11.7 Å². The van der Waals surface area contributed by atoms with Crippen LogP contribution in [-0.2, 0) is 19.5 Å². The van der Waals surface area contributed by atoms with Crippen molar-refractivity contribution in [3.8, 4) is 22.5 Å². The van der Waals surface area contributed by atoms with Gasteiger partial charge >= 0.3 is 0 Å². The number of pyridine rings is 3. The number of aromatic nitrogens is 9. The summed E-state index contributed by atoms with van der Waals surface area (Å²) in [4.78, 5) is 63.5. The van der Waals surface area contributed by atoms with Crippen molar-refractivity contribution in [1.82, 2.24) is 43.6 Å². The van der Waals surface area contributed by atoms with Crippen LogP contribution in [0.1, 0.15) is 51.3 Å². The van der Waals surface area contributed by atoms with Crippen molar-refractivity contribution < 1.29 is 4.39 Å². The number of fused-ring (bicyclic) bond motifs is 3. The predicted octanol–water partition coefficient (Wildman–Crippen LogP) is 7.17. The largest absolute Gasteiger partial charge is 0.290 e. The summed E-state index contributed by atoms with van der Waals surface area (Å²) in [6.45, 7) is 5.14. The third-order valence-corrected chi connectivity index (χ3v) is 9.98.